The molecule has 198 valence electrons. The van der Waals surface area contributed by atoms with E-state index < -0.39 is 58.2 Å². The van der Waals surface area contributed by atoms with Crippen molar-refractivity contribution in [3.8, 4) is 16.9 Å². The second-order valence-corrected chi connectivity index (χ2v) is 8.11. The van der Waals surface area contributed by atoms with E-state index in [1.54, 1.807) is 6.07 Å². The summed E-state index contributed by atoms with van der Waals surface area (Å²) >= 11 is 0. The van der Waals surface area contributed by atoms with Crippen LogP contribution in [-0.2, 0) is 12.7 Å². The summed E-state index contributed by atoms with van der Waals surface area (Å²) < 4.78 is 84.6. The number of pyridine rings is 1. The van der Waals surface area contributed by atoms with Crippen LogP contribution in [0.15, 0.2) is 48.5 Å². The summed E-state index contributed by atoms with van der Waals surface area (Å²) in [5.74, 6) is -2.84. The van der Waals surface area contributed by atoms with Crippen LogP contribution in [0.2, 0.25) is 0 Å². The smallest absolute Gasteiger partial charge is 0.406 e. The van der Waals surface area contributed by atoms with Crippen molar-refractivity contribution in [1.29, 1.82) is 0 Å². The molecule has 0 atom stereocenters. The number of carbonyl (C=O) groups excluding carboxylic acids is 2. The third kappa shape index (κ3) is 5.10. The Hall–Kier alpha value is -4.62. The highest BCUT2D eigenvalue weighted by Crippen LogP contribution is 2.42. The molecule has 0 bridgehead atoms. The van der Waals surface area contributed by atoms with Crippen molar-refractivity contribution >= 4 is 22.7 Å². The number of nitrogens with zero attached hydrogens (tertiary/aromatic N) is 3. The Morgan fingerprint density at radius 2 is 1.55 bits per heavy atom. The number of benzene rings is 2. The second kappa shape index (κ2) is 9.36. The van der Waals surface area contributed by atoms with Gasteiger partial charge in [-0.1, -0.05) is 30.3 Å². The lowest BCUT2D eigenvalue weighted by Crippen LogP contribution is -2.21. The summed E-state index contributed by atoms with van der Waals surface area (Å²) in [6.45, 7) is 0.962. The summed E-state index contributed by atoms with van der Waals surface area (Å²) in [5.41, 5.74) is 7.69. The van der Waals surface area contributed by atoms with Gasteiger partial charge in [0.1, 0.15) is 11.4 Å². The van der Waals surface area contributed by atoms with Gasteiger partial charge >= 0.3 is 12.5 Å². The summed E-state index contributed by atoms with van der Waals surface area (Å²) in [6, 6.07) is 10.3. The maximum absolute atomic E-state index is 14.2. The standard InChI is InChI=1S/C24H17F6N5O3/c1-11-16(18-17(21(31)36)14-4-2-3-5-15(14)33-19(18)22(32)37)20(23(25,26)27)34-35(11)10-12-6-8-13(9-7-12)38-24(28,29)30/h2-9H,10H2,1H3,(H2,31,36)(H2,32,37). The predicted molar refractivity (Wildman–Crippen MR) is 122 cm³/mol. The zero-order valence-electron chi connectivity index (χ0n) is 19.3. The number of para-hydroxylation sites is 1. The molecular weight excluding hydrogens is 520 g/mol. The first kappa shape index (κ1) is 26.4. The Balaban J connectivity index is 1.94. The molecule has 0 spiro atoms. The number of rotatable bonds is 6. The van der Waals surface area contributed by atoms with Crippen molar-refractivity contribution in [2.24, 2.45) is 11.5 Å². The molecule has 38 heavy (non-hydrogen) atoms. The Morgan fingerprint density at radius 3 is 2.11 bits per heavy atom. The molecule has 4 aromatic rings. The van der Waals surface area contributed by atoms with E-state index in [-0.39, 0.29) is 28.7 Å². The first-order valence-electron chi connectivity index (χ1n) is 10.7. The minimum atomic E-state index is -5.05. The number of halogens is 6. The van der Waals surface area contributed by atoms with Crippen molar-refractivity contribution < 1.29 is 40.7 Å². The van der Waals surface area contributed by atoms with Gasteiger partial charge in [-0.25, -0.2) is 4.98 Å². The maximum Gasteiger partial charge on any atom is 0.573 e. The van der Waals surface area contributed by atoms with E-state index in [0.29, 0.717) is 0 Å². The van der Waals surface area contributed by atoms with Gasteiger partial charge in [-0.15, -0.1) is 13.2 Å². The first-order valence-corrected chi connectivity index (χ1v) is 10.7. The van der Waals surface area contributed by atoms with E-state index in [1.165, 1.54) is 37.3 Å². The van der Waals surface area contributed by atoms with Crippen molar-refractivity contribution in [2.45, 2.75) is 26.0 Å². The van der Waals surface area contributed by atoms with Crippen molar-refractivity contribution in [1.82, 2.24) is 14.8 Å². The van der Waals surface area contributed by atoms with Crippen LogP contribution in [-0.4, -0.2) is 32.9 Å². The van der Waals surface area contributed by atoms with Gasteiger partial charge in [-0.05, 0) is 30.7 Å². The van der Waals surface area contributed by atoms with Gasteiger partial charge in [0.25, 0.3) is 5.91 Å². The molecule has 14 heteroatoms. The highest BCUT2D eigenvalue weighted by molar-refractivity contribution is 6.15. The van der Waals surface area contributed by atoms with Crippen LogP contribution < -0.4 is 16.2 Å². The Morgan fingerprint density at radius 1 is 0.921 bits per heavy atom. The monoisotopic (exact) mass is 537 g/mol. The minimum absolute atomic E-state index is 0.0977. The number of hydrogen-bond acceptors (Lipinski definition) is 5. The summed E-state index contributed by atoms with van der Waals surface area (Å²) in [6.07, 6.45) is -9.97. The Bertz CT molecular complexity index is 1560. The lowest BCUT2D eigenvalue weighted by Gasteiger charge is -2.16. The van der Waals surface area contributed by atoms with E-state index in [2.05, 4.69) is 14.8 Å². The quantitative estimate of drug-likeness (QED) is 0.349. The highest BCUT2D eigenvalue weighted by Gasteiger charge is 2.41. The first-order chi connectivity index (χ1) is 17.7. The second-order valence-electron chi connectivity index (χ2n) is 8.11. The average molecular weight is 537 g/mol. The zero-order chi connectivity index (χ0) is 28.0. The van der Waals surface area contributed by atoms with Crippen LogP contribution in [0.25, 0.3) is 22.0 Å². The fraction of sp³-hybridized carbons (Fsp3) is 0.167. The predicted octanol–water partition coefficient (Wildman–Crippen LogP) is 4.57. The molecule has 8 nitrogen and oxygen atoms in total. The van der Waals surface area contributed by atoms with Gasteiger partial charge in [0.2, 0.25) is 5.91 Å². The number of alkyl halides is 6. The van der Waals surface area contributed by atoms with Crippen LogP contribution in [0.4, 0.5) is 26.3 Å². The van der Waals surface area contributed by atoms with Crippen molar-refractivity contribution in [2.75, 3.05) is 0 Å². The van der Waals surface area contributed by atoms with Crippen molar-refractivity contribution in [3.63, 3.8) is 0 Å². The fourth-order valence-electron chi connectivity index (χ4n) is 4.06. The van der Waals surface area contributed by atoms with E-state index in [9.17, 15) is 35.9 Å². The van der Waals surface area contributed by atoms with Gasteiger partial charge < -0.3 is 16.2 Å². The molecule has 0 aliphatic rings. The van der Waals surface area contributed by atoms with E-state index in [4.69, 9.17) is 11.5 Å². The number of ether oxygens (including phenoxy) is 1. The van der Waals surface area contributed by atoms with E-state index >= 15 is 0 Å². The number of hydrogen-bond donors (Lipinski definition) is 2. The van der Waals surface area contributed by atoms with Crippen LogP contribution in [0.3, 0.4) is 0 Å². The number of aromatic nitrogens is 3. The van der Waals surface area contributed by atoms with Crippen LogP contribution in [0.5, 0.6) is 5.75 Å². The summed E-state index contributed by atoms with van der Waals surface area (Å²) in [4.78, 5) is 28.9. The molecule has 0 radical (unpaired) electrons. The van der Waals surface area contributed by atoms with Crippen LogP contribution >= 0.6 is 0 Å². The van der Waals surface area contributed by atoms with Crippen LogP contribution in [0, 0.1) is 6.92 Å². The maximum atomic E-state index is 14.2. The Labute approximate surface area is 209 Å². The number of nitrogens with two attached hydrogens (primary N) is 2. The average Bonchev–Trinajstić information content (AvgIpc) is 3.14. The van der Waals surface area contributed by atoms with Gasteiger partial charge in [-0.2, -0.15) is 18.3 Å². The molecule has 0 saturated carbocycles. The molecular formula is C24H17F6N5O3. The molecule has 4 rings (SSSR count). The molecule has 0 aliphatic heterocycles. The minimum Gasteiger partial charge on any atom is -0.406 e. The van der Waals surface area contributed by atoms with Gasteiger partial charge in [-0.3, -0.25) is 14.3 Å². The number of carbonyl (C=O) groups is 2. The van der Waals surface area contributed by atoms with Crippen LogP contribution in [0.1, 0.15) is 37.8 Å². The topological polar surface area (TPSA) is 126 Å². The molecule has 2 heterocycles. The van der Waals surface area contributed by atoms with Gasteiger partial charge in [0.15, 0.2) is 5.69 Å². The fourth-order valence-corrected chi connectivity index (χ4v) is 4.06. The Kier molecular flexibility index (Phi) is 6.51. The molecule has 0 unspecified atom stereocenters. The molecule has 0 aliphatic carbocycles. The SMILES string of the molecule is Cc1c(-c2c(C(N)=O)nc3ccccc3c2C(N)=O)c(C(F)(F)F)nn1Cc1ccc(OC(F)(F)F)cc1. The molecule has 2 aromatic heterocycles. The molecule has 2 amide bonds. The summed E-state index contributed by atoms with van der Waals surface area (Å²) in [5, 5.41) is 3.76. The van der Waals surface area contributed by atoms with Gasteiger partial charge in [0.05, 0.1) is 17.6 Å². The molecule has 0 fully saturated rings. The number of primary amides is 2. The molecule has 0 saturated heterocycles. The highest BCUT2D eigenvalue weighted by atomic mass is 19.4. The number of amides is 2. The molecule has 4 N–H and O–H groups in total. The lowest BCUT2D eigenvalue weighted by molar-refractivity contribution is -0.274. The third-order valence-corrected chi connectivity index (χ3v) is 5.59. The lowest BCUT2D eigenvalue weighted by atomic mass is 9.92. The number of fused-ring (bicyclic) bond motifs is 1. The summed E-state index contributed by atoms with van der Waals surface area (Å²) in [7, 11) is 0. The largest absolute Gasteiger partial charge is 0.573 e. The molecule has 2 aromatic carbocycles. The van der Waals surface area contributed by atoms with E-state index in [0.717, 1.165) is 16.8 Å². The van der Waals surface area contributed by atoms with E-state index in [1.807, 2.05) is 0 Å². The zero-order valence-corrected chi connectivity index (χ0v) is 19.3. The normalized spacial score (nSPS) is 12.1. The van der Waals surface area contributed by atoms with Crippen molar-refractivity contribution in [3.05, 3.63) is 76.7 Å². The third-order valence-electron chi connectivity index (χ3n) is 5.59. The van der Waals surface area contributed by atoms with Gasteiger partial charge in [0, 0.05) is 22.2 Å².